The standard InChI is InChI=1S/C23H44O5.H2O/c1-2-3-4-5-6-7-8-9-10-11-12-13-14-15-16-22(26)28-23-21(25)18-17-20(19-24)27-23;/h20-21,23-25H,2-19H2,1H3;1H2. The van der Waals surface area contributed by atoms with Crippen molar-refractivity contribution in [1.82, 2.24) is 0 Å². The molecule has 1 aliphatic rings. The molecule has 0 spiro atoms. The van der Waals surface area contributed by atoms with Crippen LogP contribution in [0.15, 0.2) is 0 Å². The van der Waals surface area contributed by atoms with Crippen molar-refractivity contribution in [3.05, 3.63) is 0 Å². The van der Waals surface area contributed by atoms with E-state index < -0.39 is 12.4 Å². The Morgan fingerprint density at radius 1 is 0.862 bits per heavy atom. The van der Waals surface area contributed by atoms with Gasteiger partial charge in [-0.25, -0.2) is 0 Å². The smallest absolute Gasteiger partial charge is 0.308 e. The third-order valence-corrected chi connectivity index (χ3v) is 5.61. The van der Waals surface area contributed by atoms with Crippen LogP contribution in [0.2, 0.25) is 0 Å². The summed E-state index contributed by atoms with van der Waals surface area (Å²) in [5.41, 5.74) is 0. The minimum absolute atomic E-state index is 0. The molecule has 1 saturated heterocycles. The molecule has 0 aliphatic carbocycles. The molecule has 174 valence electrons. The van der Waals surface area contributed by atoms with Crippen molar-refractivity contribution in [2.75, 3.05) is 6.61 Å². The van der Waals surface area contributed by atoms with Crippen LogP contribution in [0.5, 0.6) is 0 Å². The Morgan fingerprint density at radius 2 is 1.34 bits per heavy atom. The first kappa shape index (κ1) is 28.3. The molecule has 1 heterocycles. The number of unbranched alkanes of at least 4 members (excludes halogenated alkanes) is 13. The van der Waals surface area contributed by atoms with Gasteiger partial charge in [-0.15, -0.1) is 0 Å². The van der Waals surface area contributed by atoms with Crippen LogP contribution in [-0.4, -0.2) is 46.8 Å². The fourth-order valence-corrected chi connectivity index (χ4v) is 3.73. The van der Waals surface area contributed by atoms with Gasteiger partial charge in [-0.1, -0.05) is 90.4 Å². The zero-order valence-corrected chi connectivity index (χ0v) is 18.6. The Bertz CT molecular complexity index is 376. The van der Waals surface area contributed by atoms with Crippen LogP contribution in [0, 0.1) is 0 Å². The van der Waals surface area contributed by atoms with E-state index in [1.54, 1.807) is 0 Å². The van der Waals surface area contributed by atoms with Crippen LogP contribution in [0.4, 0.5) is 0 Å². The molecule has 0 radical (unpaired) electrons. The van der Waals surface area contributed by atoms with Gasteiger partial charge in [0.2, 0.25) is 6.29 Å². The highest BCUT2D eigenvalue weighted by atomic mass is 16.7. The van der Waals surface area contributed by atoms with E-state index in [1.165, 1.54) is 77.0 Å². The Balaban J connectivity index is 0.00000784. The summed E-state index contributed by atoms with van der Waals surface area (Å²) in [5, 5.41) is 19.0. The van der Waals surface area contributed by atoms with Gasteiger partial charge in [-0.3, -0.25) is 4.79 Å². The maximum Gasteiger partial charge on any atom is 0.308 e. The van der Waals surface area contributed by atoms with Crippen LogP contribution in [-0.2, 0) is 14.3 Å². The molecule has 0 aromatic heterocycles. The number of carbonyl (C=O) groups is 1. The molecule has 29 heavy (non-hydrogen) atoms. The van der Waals surface area contributed by atoms with Gasteiger partial charge in [0.25, 0.3) is 0 Å². The summed E-state index contributed by atoms with van der Waals surface area (Å²) < 4.78 is 10.6. The Kier molecular flexibility index (Phi) is 18.8. The van der Waals surface area contributed by atoms with E-state index in [9.17, 15) is 9.90 Å². The third-order valence-electron chi connectivity index (χ3n) is 5.61. The summed E-state index contributed by atoms with van der Waals surface area (Å²) in [6.07, 6.45) is 17.3. The van der Waals surface area contributed by atoms with E-state index >= 15 is 0 Å². The lowest BCUT2D eigenvalue weighted by Gasteiger charge is -2.32. The molecule has 0 bridgehead atoms. The van der Waals surface area contributed by atoms with E-state index in [2.05, 4.69) is 6.92 Å². The molecule has 0 aromatic carbocycles. The van der Waals surface area contributed by atoms with E-state index in [4.69, 9.17) is 14.6 Å². The number of hydrogen-bond acceptors (Lipinski definition) is 5. The molecule has 1 fully saturated rings. The van der Waals surface area contributed by atoms with Crippen molar-refractivity contribution in [1.29, 1.82) is 0 Å². The number of aliphatic hydroxyl groups excluding tert-OH is 2. The van der Waals surface area contributed by atoms with Crippen LogP contribution < -0.4 is 0 Å². The minimum atomic E-state index is -0.926. The summed E-state index contributed by atoms with van der Waals surface area (Å²) in [5.74, 6) is -0.318. The zero-order chi connectivity index (χ0) is 20.5. The second-order valence-electron chi connectivity index (χ2n) is 8.29. The number of rotatable bonds is 17. The lowest BCUT2D eigenvalue weighted by molar-refractivity contribution is -0.240. The summed E-state index contributed by atoms with van der Waals surface area (Å²) >= 11 is 0. The summed E-state index contributed by atoms with van der Waals surface area (Å²) in [4.78, 5) is 11.9. The van der Waals surface area contributed by atoms with E-state index in [1.807, 2.05) is 0 Å². The highest BCUT2D eigenvalue weighted by molar-refractivity contribution is 5.69. The van der Waals surface area contributed by atoms with E-state index in [0.717, 1.165) is 12.8 Å². The highest BCUT2D eigenvalue weighted by Crippen LogP contribution is 2.21. The summed E-state index contributed by atoms with van der Waals surface area (Å²) in [6, 6.07) is 0. The number of esters is 1. The fraction of sp³-hybridized carbons (Fsp3) is 0.957. The lowest BCUT2D eigenvalue weighted by Crippen LogP contribution is -2.42. The monoisotopic (exact) mass is 418 g/mol. The lowest BCUT2D eigenvalue weighted by atomic mass is 10.0. The molecule has 6 heteroatoms. The number of carbonyl (C=O) groups excluding carboxylic acids is 1. The quantitative estimate of drug-likeness (QED) is 0.268. The van der Waals surface area contributed by atoms with Gasteiger partial charge < -0.3 is 25.2 Å². The van der Waals surface area contributed by atoms with Crippen LogP contribution >= 0.6 is 0 Å². The highest BCUT2D eigenvalue weighted by Gasteiger charge is 2.32. The van der Waals surface area contributed by atoms with Gasteiger partial charge in [0.1, 0.15) is 6.10 Å². The Hall–Kier alpha value is -0.690. The summed E-state index contributed by atoms with van der Waals surface area (Å²) in [6.45, 7) is 2.15. The minimum Gasteiger partial charge on any atom is -0.433 e. The zero-order valence-electron chi connectivity index (χ0n) is 18.6. The molecule has 0 aromatic rings. The predicted octanol–water partition coefficient (Wildman–Crippen LogP) is 4.43. The third kappa shape index (κ3) is 14.9. The molecular weight excluding hydrogens is 372 g/mol. The molecule has 6 nitrogen and oxygen atoms in total. The average Bonchev–Trinajstić information content (AvgIpc) is 2.70. The van der Waals surface area contributed by atoms with Gasteiger partial charge in [0.15, 0.2) is 0 Å². The Morgan fingerprint density at radius 3 is 1.83 bits per heavy atom. The van der Waals surface area contributed by atoms with Gasteiger partial charge in [0.05, 0.1) is 12.7 Å². The van der Waals surface area contributed by atoms with E-state index in [0.29, 0.717) is 19.3 Å². The second kappa shape index (κ2) is 19.3. The van der Waals surface area contributed by atoms with Crippen molar-refractivity contribution in [2.24, 2.45) is 0 Å². The topological polar surface area (TPSA) is 107 Å². The van der Waals surface area contributed by atoms with E-state index in [-0.39, 0.29) is 24.2 Å². The van der Waals surface area contributed by atoms with Crippen LogP contribution in [0.25, 0.3) is 0 Å². The first-order chi connectivity index (χ1) is 13.7. The maximum absolute atomic E-state index is 11.9. The molecule has 3 atom stereocenters. The molecule has 0 saturated carbocycles. The SMILES string of the molecule is CCCCCCCCCCCCCCCCC(=O)OC1OC(CO)CCC1O.O. The fourth-order valence-electron chi connectivity index (χ4n) is 3.73. The number of hydrogen-bond donors (Lipinski definition) is 2. The van der Waals surface area contributed by atoms with Gasteiger partial charge in [-0.2, -0.15) is 0 Å². The van der Waals surface area contributed by atoms with Crippen LogP contribution in [0.3, 0.4) is 0 Å². The summed E-state index contributed by atoms with van der Waals surface area (Å²) in [7, 11) is 0. The molecule has 3 unspecified atom stereocenters. The van der Waals surface area contributed by atoms with Crippen molar-refractivity contribution in [3.63, 3.8) is 0 Å². The molecule has 1 rings (SSSR count). The molecular formula is C23H46O6. The van der Waals surface area contributed by atoms with Gasteiger partial charge >= 0.3 is 5.97 Å². The Labute approximate surface area is 177 Å². The van der Waals surface area contributed by atoms with Crippen molar-refractivity contribution in [3.8, 4) is 0 Å². The first-order valence-corrected chi connectivity index (χ1v) is 11.8. The first-order valence-electron chi connectivity index (χ1n) is 11.8. The molecule has 0 amide bonds. The molecule has 1 aliphatic heterocycles. The van der Waals surface area contributed by atoms with Crippen molar-refractivity contribution < 1.29 is 30.0 Å². The maximum atomic E-state index is 11.9. The molecule has 4 N–H and O–H groups in total. The van der Waals surface area contributed by atoms with Gasteiger partial charge in [-0.05, 0) is 19.3 Å². The number of ether oxygens (including phenoxy) is 2. The normalized spacial score (nSPS) is 21.6. The largest absolute Gasteiger partial charge is 0.433 e. The van der Waals surface area contributed by atoms with Crippen molar-refractivity contribution in [2.45, 2.75) is 135 Å². The number of aliphatic hydroxyl groups is 2. The van der Waals surface area contributed by atoms with Crippen molar-refractivity contribution >= 4 is 5.97 Å². The predicted molar refractivity (Wildman–Crippen MR) is 116 cm³/mol. The van der Waals surface area contributed by atoms with Gasteiger partial charge in [0, 0.05) is 6.42 Å². The average molecular weight is 419 g/mol. The second-order valence-corrected chi connectivity index (χ2v) is 8.29. The van der Waals surface area contributed by atoms with Crippen LogP contribution in [0.1, 0.15) is 116 Å².